The maximum absolute atomic E-state index is 13.0. The van der Waals surface area contributed by atoms with Crippen LogP contribution < -0.4 is 16.4 Å². The summed E-state index contributed by atoms with van der Waals surface area (Å²) in [7, 11) is 0. The van der Waals surface area contributed by atoms with Crippen LogP contribution >= 0.6 is 0 Å². The van der Waals surface area contributed by atoms with Crippen molar-refractivity contribution in [1.82, 2.24) is 15.5 Å². The van der Waals surface area contributed by atoms with Gasteiger partial charge in [-0.25, -0.2) is 0 Å². The molecule has 4 N–H and O–H groups in total. The van der Waals surface area contributed by atoms with Crippen molar-refractivity contribution in [3.8, 4) is 0 Å². The molecule has 1 saturated heterocycles. The summed E-state index contributed by atoms with van der Waals surface area (Å²) >= 11 is 0. The maximum atomic E-state index is 13.0. The molecule has 1 heterocycles. The molecule has 0 aromatic carbocycles. The number of nitrogens with two attached hydrogens (primary N) is 1. The van der Waals surface area contributed by atoms with Gasteiger partial charge in [-0.3, -0.25) is 19.2 Å². The van der Waals surface area contributed by atoms with Crippen molar-refractivity contribution in [2.24, 2.45) is 11.1 Å². The summed E-state index contributed by atoms with van der Waals surface area (Å²) < 4.78 is 0. The summed E-state index contributed by atoms with van der Waals surface area (Å²) in [5.41, 5.74) is 6.13. The van der Waals surface area contributed by atoms with Crippen LogP contribution in [-0.2, 0) is 19.2 Å². The molecule has 2 atom stereocenters. The van der Waals surface area contributed by atoms with E-state index < -0.39 is 23.8 Å². The molecule has 0 aromatic heterocycles. The van der Waals surface area contributed by atoms with Gasteiger partial charge in [0.15, 0.2) is 0 Å². The predicted molar refractivity (Wildman–Crippen MR) is 103 cm³/mol. The Morgan fingerprint density at radius 1 is 1.07 bits per heavy atom. The van der Waals surface area contributed by atoms with Gasteiger partial charge in [0, 0.05) is 12.6 Å². The summed E-state index contributed by atoms with van der Waals surface area (Å²) in [6, 6.07) is -1.14. The minimum atomic E-state index is -0.664. The van der Waals surface area contributed by atoms with Gasteiger partial charge in [-0.1, -0.05) is 26.2 Å². The van der Waals surface area contributed by atoms with Crippen LogP contribution in [0.5, 0.6) is 0 Å². The highest BCUT2D eigenvalue weighted by molar-refractivity contribution is 6.37. The van der Waals surface area contributed by atoms with Gasteiger partial charge in [0.2, 0.25) is 17.6 Å². The van der Waals surface area contributed by atoms with E-state index >= 15 is 0 Å². The molecule has 0 spiro atoms. The standard InChI is InChI=1S/C20H32N4O4/c1-20(9-3-2-4-10-20)16(21)19(28)24-11-5-6-14(24)17(26)22-12-15(25)18(27)23-13-7-8-13/h13-14,16H,2-12,21H2,1H3,(H,22,26)(H,23,27)/t14-,16+/m0/s1. The minimum absolute atomic E-state index is 0.0951. The second-order valence-electron chi connectivity index (χ2n) is 8.77. The van der Waals surface area contributed by atoms with Gasteiger partial charge in [-0.2, -0.15) is 0 Å². The Hall–Kier alpha value is -1.96. The average molecular weight is 393 g/mol. The van der Waals surface area contributed by atoms with Gasteiger partial charge < -0.3 is 21.3 Å². The summed E-state index contributed by atoms with van der Waals surface area (Å²) in [4.78, 5) is 50.7. The fourth-order valence-electron chi connectivity index (χ4n) is 4.31. The molecule has 2 saturated carbocycles. The topological polar surface area (TPSA) is 122 Å². The monoisotopic (exact) mass is 392 g/mol. The molecule has 0 unspecified atom stereocenters. The number of nitrogens with one attached hydrogen (secondary N) is 2. The lowest BCUT2D eigenvalue weighted by Crippen LogP contribution is -2.56. The van der Waals surface area contributed by atoms with Gasteiger partial charge in [0.25, 0.3) is 5.91 Å². The zero-order valence-corrected chi connectivity index (χ0v) is 16.7. The molecule has 8 heteroatoms. The Labute approximate surface area is 166 Å². The second kappa shape index (κ2) is 8.59. The zero-order valence-electron chi connectivity index (χ0n) is 16.7. The van der Waals surface area contributed by atoms with E-state index in [1.807, 2.05) is 0 Å². The van der Waals surface area contributed by atoms with E-state index in [0.29, 0.717) is 13.0 Å². The number of hydrogen-bond acceptors (Lipinski definition) is 5. The van der Waals surface area contributed by atoms with Crippen LogP contribution in [0.4, 0.5) is 0 Å². The third kappa shape index (κ3) is 4.71. The molecule has 28 heavy (non-hydrogen) atoms. The molecule has 0 radical (unpaired) electrons. The van der Waals surface area contributed by atoms with Crippen LogP contribution in [0.15, 0.2) is 0 Å². The number of rotatable bonds is 7. The third-order valence-electron chi connectivity index (χ3n) is 6.44. The largest absolute Gasteiger partial charge is 0.347 e. The molecule has 3 fully saturated rings. The van der Waals surface area contributed by atoms with Crippen LogP contribution in [0.3, 0.4) is 0 Å². The number of ketones is 1. The van der Waals surface area contributed by atoms with E-state index in [1.165, 1.54) is 6.42 Å². The fourth-order valence-corrected chi connectivity index (χ4v) is 4.31. The smallest absolute Gasteiger partial charge is 0.289 e. The van der Waals surface area contributed by atoms with Gasteiger partial charge >= 0.3 is 0 Å². The Balaban J connectivity index is 1.53. The maximum Gasteiger partial charge on any atom is 0.289 e. The minimum Gasteiger partial charge on any atom is -0.347 e. The van der Waals surface area contributed by atoms with Crippen LogP contribution in [0.2, 0.25) is 0 Å². The highest BCUT2D eigenvalue weighted by Crippen LogP contribution is 2.39. The Bertz CT molecular complexity index is 640. The van der Waals surface area contributed by atoms with Gasteiger partial charge in [-0.05, 0) is 43.9 Å². The molecule has 8 nitrogen and oxygen atoms in total. The third-order valence-corrected chi connectivity index (χ3v) is 6.44. The van der Waals surface area contributed by atoms with Crippen molar-refractivity contribution in [1.29, 1.82) is 0 Å². The van der Waals surface area contributed by atoms with E-state index in [2.05, 4.69) is 17.6 Å². The van der Waals surface area contributed by atoms with E-state index in [1.54, 1.807) is 4.90 Å². The highest BCUT2D eigenvalue weighted by Gasteiger charge is 2.43. The molecule has 3 rings (SSSR count). The second-order valence-corrected chi connectivity index (χ2v) is 8.77. The lowest BCUT2D eigenvalue weighted by molar-refractivity contribution is -0.142. The molecule has 3 amide bonds. The Morgan fingerprint density at radius 2 is 1.75 bits per heavy atom. The van der Waals surface area contributed by atoms with Crippen molar-refractivity contribution in [3.05, 3.63) is 0 Å². The summed E-state index contributed by atoms with van der Waals surface area (Å²) in [5.74, 6) is -1.89. The Morgan fingerprint density at radius 3 is 2.39 bits per heavy atom. The molecule has 0 bridgehead atoms. The average Bonchev–Trinajstić information content (AvgIpc) is 3.36. The Kier molecular flexibility index (Phi) is 6.37. The van der Waals surface area contributed by atoms with Crippen molar-refractivity contribution < 1.29 is 19.2 Å². The van der Waals surface area contributed by atoms with Crippen molar-refractivity contribution >= 4 is 23.5 Å². The highest BCUT2D eigenvalue weighted by atomic mass is 16.2. The zero-order chi connectivity index (χ0) is 20.3. The van der Waals surface area contributed by atoms with Crippen molar-refractivity contribution in [2.45, 2.75) is 82.8 Å². The normalized spacial score (nSPS) is 25.1. The number of likely N-dealkylation sites (tertiary alicyclic amines) is 1. The first kappa shape index (κ1) is 20.8. The van der Waals surface area contributed by atoms with Crippen molar-refractivity contribution in [2.75, 3.05) is 13.1 Å². The number of carbonyl (C=O) groups excluding carboxylic acids is 4. The van der Waals surface area contributed by atoms with Gasteiger partial charge in [0.05, 0.1) is 12.6 Å². The predicted octanol–water partition coefficient (Wildman–Crippen LogP) is 0.239. The van der Waals surface area contributed by atoms with Crippen LogP contribution in [0.1, 0.15) is 64.7 Å². The first-order valence-electron chi connectivity index (χ1n) is 10.5. The first-order valence-corrected chi connectivity index (χ1v) is 10.5. The molecule has 3 aliphatic rings. The quantitative estimate of drug-likeness (QED) is 0.536. The lowest BCUT2D eigenvalue weighted by atomic mass is 9.70. The van der Waals surface area contributed by atoms with Crippen molar-refractivity contribution in [3.63, 3.8) is 0 Å². The molecule has 2 aliphatic carbocycles. The number of Topliss-reactive ketones (excluding diaryl/α,β-unsaturated/α-hetero) is 1. The molecular formula is C20H32N4O4. The van der Waals surface area contributed by atoms with Crippen LogP contribution in [0, 0.1) is 5.41 Å². The molecule has 0 aromatic rings. The van der Waals surface area contributed by atoms with E-state index in [0.717, 1.165) is 44.9 Å². The molecule has 156 valence electrons. The molecule has 1 aliphatic heterocycles. The van der Waals surface area contributed by atoms with E-state index in [4.69, 9.17) is 5.73 Å². The fraction of sp³-hybridized carbons (Fsp3) is 0.800. The first-order chi connectivity index (χ1) is 13.3. The number of hydrogen-bond donors (Lipinski definition) is 3. The van der Waals surface area contributed by atoms with Crippen LogP contribution in [-0.4, -0.2) is 59.6 Å². The molecular weight excluding hydrogens is 360 g/mol. The summed E-state index contributed by atoms with van der Waals surface area (Å²) in [6.07, 6.45) is 8.23. The number of nitrogens with zero attached hydrogens (tertiary/aromatic N) is 1. The van der Waals surface area contributed by atoms with E-state index in [-0.39, 0.29) is 29.8 Å². The van der Waals surface area contributed by atoms with Gasteiger partial charge in [0.1, 0.15) is 6.04 Å². The number of carbonyl (C=O) groups is 4. The summed E-state index contributed by atoms with van der Waals surface area (Å²) in [5, 5.41) is 5.14. The van der Waals surface area contributed by atoms with Crippen LogP contribution in [0.25, 0.3) is 0 Å². The van der Waals surface area contributed by atoms with Gasteiger partial charge in [-0.15, -0.1) is 0 Å². The SMILES string of the molecule is CC1([C@H](N)C(=O)N2CCC[C@H]2C(=O)NCC(=O)C(=O)NC2CC2)CCCCC1. The lowest BCUT2D eigenvalue weighted by Gasteiger charge is -2.40. The number of amides is 3. The van der Waals surface area contributed by atoms with E-state index in [9.17, 15) is 19.2 Å². The summed E-state index contributed by atoms with van der Waals surface area (Å²) in [6.45, 7) is 2.22.